The van der Waals surface area contributed by atoms with Crippen LogP contribution < -0.4 is 10.6 Å². The number of amides is 2. The van der Waals surface area contributed by atoms with Crippen molar-refractivity contribution in [2.24, 2.45) is 0 Å². The van der Waals surface area contributed by atoms with E-state index in [1.54, 1.807) is 24.3 Å². The highest BCUT2D eigenvalue weighted by Crippen LogP contribution is 2.22. The quantitative estimate of drug-likeness (QED) is 0.722. The highest BCUT2D eigenvalue weighted by atomic mass is 16.3. The molecule has 4 nitrogen and oxygen atoms in total. The lowest BCUT2D eigenvalue weighted by molar-refractivity contribution is 0.262. The van der Waals surface area contributed by atoms with Gasteiger partial charge >= 0.3 is 6.03 Å². The van der Waals surface area contributed by atoms with E-state index in [4.69, 9.17) is 5.11 Å². The van der Waals surface area contributed by atoms with Crippen LogP contribution in [0.1, 0.15) is 43.7 Å². The van der Waals surface area contributed by atoms with Gasteiger partial charge in [-0.15, -0.1) is 0 Å². The largest absolute Gasteiger partial charge is 0.392 e. The van der Waals surface area contributed by atoms with Crippen LogP contribution in [0.25, 0.3) is 0 Å². The first kappa shape index (κ1) is 17.0. The van der Waals surface area contributed by atoms with Gasteiger partial charge in [-0.05, 0) is 47.7 Å². The summed E-state index contributed by atoms with van der Waals surface area (Å²) in [5.41, 5.74) is 3.46. The highest BCUT2D eigenvalue weighted by molar-refractivity contribution is 5.99. The minimum atomic E-state index is -0.297. The molecule has 23 heavy (non-hydrogen) atoms. The average Bonchev–Trinajstić information content (AvgIpc) is 2.55. The van der Waals surface area contributed by atoms with Crippen LogP contribution >= 0.6 is 0 Å². The normalized spacial score (nSPS) is 11.8. The van der Waals surface area contributed by atoms with E-state index in [9.17, 15) is 4.79 Å². The summed E-state index contributed by atoms with van der Waals surface area (Å²) >= 11 is 0. The minimum absolute atomic E-state index is 0.0471. The van der Waals surface area contributed by atoms with Gasteiger partial charge in [0.2, 0.25) is 0 Å². The summed E-state index contributed by atoms with van der Waals surface area (Å²) < 4.78 is 0. The van der Waals surface area contributed by atoms with E-state index in [2.05, 4.69) is 36.6 Å². The maximum atomic E-state index is 12.0. The van der Waals surface area contributed by atoms with Crippen LogP contribution in [0.2, 0.25) is 0 Å². The van der Waals surface area contributed by atoms with Gasteiger partial charge in [-0.1, -0.05) is 44.5 Å². The first-order chi connectivity index (χ1) is 11.1. The molecule has 0 heterocycles. The van der Waals surface area contributed by atoms with Crippen molar-refractivity contribution in [3.8, 4) is 0 Å². The fourth-order valence-corrected chi connectivity index (χ4v) is 2.54. The molecule has 0 spiro atoms. The van der Waals surface area contributed by atoms with Gasteiger partial charge in [0.15, 0.2) is 0 Å². The molecule has 2 aromatic rings. The highest BCUT2D eigenvalue weighted by Gasteiger charge is 2.06. The molecule has 0 bridgehead atoms. The lowest BCUT2D eigenvalue weighted by Crippen LogP contribution is -2.19. The zero-order chi connectivity index (χ0) is 16.7. The number of urea groups is 1. The van der Waals surface area contributed by atoms with E-state index in [0.717, 1.165) is 24.1 Å². The number of carbonyl (C=O) groups is 1. The van der Waals surface area contributed by atoms with Crippen LogP contribution in [0.15, 0.2) is 48.5 Å². The molecule has 0 radical (unpaired) electrons. The van der Waals surface area contributed by atoms with Crippen LogP contribution in [0.4, 0.5) is 16.2 Å². The molecule has 122 valence electrons. The Morgan fingerprint density at radius 1 is 1.09 bits per heavy atom. The molecule has 0 saturated carbocycles. The van der Waals surface area contributed by atoms with Gasteiger partial charge in [0.1, 0.15) is 0 Å². The first-order valence-corrected chi connectivity index (χ1v) is 8.00. The molecule has 0 aliphatic heterocycles. The number of aliphatic hydroxyl groups is 1. The Bertz CT molecular complexity index is 638. The molecule has 2 rings (SSSR count). The molecule has 0 aromatic heterocycles. The van der Waals surface area contributed by atoms with Crippen molar-refractivity contribution in [2.75, 3.05) is 10.6 Å². The van der Waals surface area contributed by atoms with Crippen molar-refractivity contribution < 1.29 is 9.90 Å². The number of anilines is 2. The number of carbonyl (C=O) groups excluding carboxylic acids is 1. The van der Waals surface area contributed by atoms with Crippen LogP contribution in [0.5, 0.6) is 0 Å². The van der Waals surface area contributed by atoms with E-state index in [1.165, 1.54) is 5.56 Å². The number of benzene rings is 2. The Morgan fingerprint density at radius 3 is 2.43 bits per heavy atom. The Morgan fingerprint density at radius 2 is 1.78 bits per heavy atom. The molecule has 0 saturated heterocycles. The second-order valence-corrected chi connectivity index (χ2v) is 5.75. The van der Waals surface area contributed by atoms with Gasteiger partial charge in [0, 0.05) is 11.4 Å². The van der Waals surface area contributed by atoms with Gasteiger partial charge < -0.3 is 15.7 Å². The maximum Gasteiger partial charge on any atom is 0.323 e. The summed E-state index contributed by atoms with van der Waals surface area (Å²) in [6, 6.07) is 14.8. The van der Waals surface area contributed by atoms with Crippen molar-refractivity contribution in [3.05, 3.63) is 59.7 Å². The third-order valence-electron chi connectivity index (χ3n) is 3.83. The molecule has 3 N–H and O–H groups in total. The van der Waals surface area contributed by atoms with E-state index in [0.29, 0.717) is 11.6 Å². The van der Waals surface area contributed by atoms with Gasteiger partial charge in [-0.2, -0.15) is 0 Å². The zero-order valence-electron chi connectivity index (χ0n) is 13.7. The molecule has 1 atom stereocenters. The summed E-state index contributed by atoms with van der Waals surface area (Å²) in [4.78, 5) is 12.0. The molecular formula is C19H24N2O2. The summed E-state index contributed by atoms with van der Waals surface area (Å²) in [6.07, 6.45) is 2.32. The Labute approximate surface area is 137 Å². The lowest BCUT2D eigenvalue weighted by Gasteiger charge is -2.12. The van der Waals surface area contributed by atoms with E-state index >= 15 is 0 Å². The van der Waals surface area contributed by atoms with Crippen LogP contribution in [-0.2, 0) is 6.61 Å². The number of nitrogens with one attached hydrogen (secondary N) is 2. The fraction of sp³-hybridized carbons (Fsp3) is 0.316. The first-order valence-electron chi connectivity index (χ1n) is 8.00. The van der Waals surface area contributed by atoms with Crippen molar-refractivity contribution in [3.63, 3.8) is 0 Å². The number of rotatable bonds is 6. The molecular weight excluding hydrogens is 288 g/mol. The van der Waals surface area contributed by atoms with E-state index in [1.807, 2.05) is 12.1 Å². The van der Waals surface area contributed by atoms with E-state index < -0.39 is 0 Å². The van der Waals surface area contributed by atoms with Crippen molar-refractivity contribution in [2.45, 2.75) is 39.2 Å². The molecule has 0 aliphatic rings. The van der Waals surface area contributed by atoms with Gasteiger partial charge in [-0.3, -0.25) is 0 Å². The second-order valence-electron chi connectivity index (χ2n) is 5.75. The number of aliphatic hydroxyl groups excluding tert-OH is 1. The topological polar surface area (TPSA) is 61.4 Å². The fourth-order valence-electron chi connectivity index (χ4n) is 2.54. The summed E-state index contributed by atoms with van der Waals surface area (Å²) in [5, 5.41) is 14.7. The number of hydrogen-bond acceptors (Lipinski definition) is 2. The summed E-state index contributed by atoms with van der Waals surface area (Å²) in [5.74, 6) is 0.532. The third-order valence-corrected chi connectivity index (χ3v) is 3.83. The number of hydrogen-bond donors (Lipinski definition) is 3. The Hall–Kier alpha value is -2.33. The maximum absolute atomic E-state index is 12.0. The monoisotopic (exact) mass is 312 g/mol. The van der Waals surface area contributed by atoms with Crippen LogP contribution in [0.3, 0.4) is 0 Å². The Kier molecular flexibility index (Phi) is 6.18. The molecule has 1 unspecified atom stereocenters. The summed E-state index contributed by atoms with van der Waals surface area (Å²) in [7, 11) is 0. The molecule has 2 aromatic carbocycles. The lowest BCUT2D eigenvalue weighted by atomic mass is 9.96. The molecule has 4 heteroatoms. The van der Waals surface area contributed by atoms with Crippen molar-refractivity contribution >= 4 is 17.4 Å². The van der Waals surface area contributed by atoms with E-state index in [-0.39, 0.29) is 12.6 Å². The standard InChI is InChI=1S/C19H24N2O2/c1-3-5-14(2)16-8-10-17(11-9-16)20-19(23)21-18-7-4-6-15(12-18)13-22/h4,6-12,14,22H,3,5,13H2,1-2H3,(H2,20,21,23). The van der Waals surface area contributed by atoms with Gasteiger partial charge in [-0.25, -0.2) is 4.79 Å². The van der Waals surface area contributed by atoms with Crippen LogP contribution in [-0.4, -0.2) is 11.1 Å². The Balaban J connectivity index is 1.94. The predicted octanol–water partition coefficient (Wildman–Crippen LogP) is 4.73. The SMILES string of the molecule is CCCC(C)c1ccc(NC(=O)Nc2cccc(CO)c2)cc1. The zero-order valence-corrected chi connectivity index (χ0v) is 13.7. The smallest absolute Gasteiger partial charge is 0.323 e. The van der Waals surface area contributed by atoms with Gasteiger partial charge in [0.25, 0.3) is 0 Å². The summed E-state index contributed by atoms with van der Waals surface area (Å²) in [6.45, 7) is 4.35. The van der Waals surface area contributed by atoms with Gasteiger partial charge in [0.05, 0.1) is 6.61 Å². The van der Waals surface area contributed by atoms with Crippen molar-refractivity contribution in [1.82, 2.24) is 0 Å². The minimum Gasteiger partial charge on any atom is -0.392 e. The molecule has 2 amide bonds. The van der Waals surface area contributed by atoms with Crippen molar-refractivity contribution in [1.29, 1.82) is 0 Å². The second kappa shape index (κ2) is 8.34. The predicted molar refractivity (Wildman–Crippen MR) is 94.8 cm³/mol. The van der Waals surface area contributed by atoms with Crippen LogP contribution in [0, 0.1) is 0 Å². The molecule has 0 fully saturated rings. The third kappa shape index (κ3) is 5.11. The molecule has 0 aliphatic carbocycles. The average molecular weight is 312 g/mol.